The van der Waals surface area contributed by atoms with Crippen LogP contribution >= 0.6 is 0 Å². The Bertz CT molecular complexity index is 797. The Kier molecular flexibility index (Phi) is 6.19. The van der Waals surface area contributed by atoms with Crippen molar-refractivity contribution >= 4 is 11.9 Å². The maximum atomic E-state index is 13.4. The highest BCUT2D eigenvalue weighted by Crippen LogP contribution is 2.21. The number of aliphatic carboxylic acids is 1. The van der Waals surface area contributed by atoms with E-state index in [-0.39, 0.29) is 17.6 Å². The molecule has 1 unspecified atom stereocenters. The first-order valence-electron chi connectivity index (χ1n) is 9.08. The molecule has 1 saturated heterocycles. The second-order valence-electron chi connectivity index (χ2n) is 6.89. The number of nitrogens with one attached hydrogen (secondary N) is 1. The van der Waals surface area contributed by atoms with Crippen molar-refractivity contribution in [3.8, 4) is 0 Å². The Labute approximate surface area is 157 Å². The zero-order valence-electron chi connectivity index (χ0n) is 15.0. The van der Waals surface area contributed by atoms with E-state index >= 15 is 0 Å². The molecule has 2 N–H and O–H groups in total. The summed E-state index contributed by atoms with van der Waals surface area (Å²) < 4.78 is 13.4. The van der Waals surface area contributed by atoms with Crippen LogP contribution in [0.3, 0.4) is 0 Å². The largest absolute Gasteiger partial charge is 0.479 e. The average Bonchev–Trinajstić information content (AvgIpc) is 2.66. The van der Waals surface area contributed by atoms with Crippen LogP contribution in [0.2, 0.25) is 0 Å². The SMILES string of the molecule is O=C(N[C@H](C(=O)O)c1ccccc1)C1CCCN(Cc2cccc(F)c2)C1. The van der Waals surface area contributed by atoms with Gasteiger partial charge in [-0.3, -0.25) is 9.69 Å². The van der Waals surface area contributed by atoms with Gasteiger partial charge >= 0.3 is 5.97 Å². The van der Waals surface area contributed by atoms with Crippen molar-refractivity contribution in [1.29, 1.82) is 0 Å². The average molecular weight is 370 g/mol. The minimum Gasteiger partial charge on any atom is -0.479 e. The lowest BCUT2D eigenvalue weighted by atomic mass is 9.95. The summed E-state index contributed by atoms with van der Waals surface area (Å²) in [5, 5.41) is 12.2. The Morgan fingerprint density at radius 2 is 1.96 bits per heavy atom. The monoisotopic (exact) mass is 370 g/mol. The second kappa shape index (κ2) is 8.77. The number of halogens is 1. The maximum Gasteiger partial charge on any atom is 0.330 e. The summed E-state index contributed by atoms with van der Waals surface area (Å²) in [5.41, 5.74) is 1.41. The number of hydrogen-bond acceptors (Lipinski definition) is 3. The topological polar surface area (TPSA) is 69.6 Å². The number of piperidine rings is 1. The number of carboxylic acids is 1. The minimum absolute atomic E-state index is 0.254. The number of likely N-dealkylation sites (tertiary alicyclic amines) is 1. The molecular weight excluding hydrogens is 347 g/mol. The molecule has 1 amide bonds. The molecule has 5 nitrogen and oxygen atoms in total. The number of amides is 1. The summed E-state index contributed by atoms with van der Waals surface area (Å²) in [6.07, 6.45) is 1.56. The van der Waals surface area contributed by atoms with Crippen LogP contribution in [0.1, 0.15) is 30.0 Å². The van der Waals surface area contributed by atoms with E-state index in [0.717, 1.165) is 18.5 Å². The Morgan fingerprint density at radius 1 is 1.19 bits per heavy atom. The molecule has 1 aliphatic heterocycles. The van der Waals surface area contributed by atoms with Gasteiger partial charge in [-0.15, -0.1) is 0 Å². The summed E-state index contributed by atoms with van der Waals surface area (Å²) in [6, 6.07) is 14.1. The highest BCUT2D eigenvalue weighted by molar-refractivity contribution is 5.86. The molecule has 0 spiro atoms. The molecule has 2 atom stereocenters. The van der Waals surface area contributed by atoms with E-state index in [1.54, 1.807) is 36.4 Å². The summed E-state index contributed by atoms with van der Waals surface area (Å²) in [7, 11) is 0. The van der Waals surface area contributed by atoms with Crippen LogP contribution in [0.4, 0.5) is 4.39 Å². The van der Waals surface area contributed by atoms with Gasteiger partial charge in [-0.2, -0.15) is 0 Å². The van der Waals surface area contributed by atoms with Crippen molar-refractivity contribution in [3.05, 3.63) is 71.5 Å². The van der Waals surface area contributed by atoms with Crippen LogP contribution in [0.25, 0.3) is 0 Å². The highest BCUT2D eigenvalue weighted by Gasteiger charge is 2.29. The molecule has 27 heavy (non-hydrogen) atoms. The van der Waals surface area contributed by atoms with E-state index < -0.39 is 12.0 Å². The van der Waals surface area contributed by atoms with E-state index in [0.29, 0.717) is 25.1 Å². The number of hydrogen-bond donors (Lipinski definition) is 2. The molecule has 1 fully saturated rings. The highest BCUT2D eigenvalue weighted by atomic mass is 19.1. The van der Waals surface area contributed by atoms with E-state index in [2.05, 4.69) is 10.2 Å². The van der Waals surface area contributed by atoms with Gasteiger partial charge in [-0.05, 0) is 42.6 Å². The second-order valence-corrected chi connectivity index (χ2v) is 6.89. The summed E-state index contributed by atoms with van der Waals surface area (Å²) in [5.74, 6) is -1.89. The van der Waals surface area contributed by atoms with Gasteiger partial charge in [-0.1, -0.05) is 42.5 Å². The minimum atomic E-state index is -1.08. The fourth-order valence-electron chi connectivity index (χ4n) is 3.50. The lowest BCUT2D eigenvalue weighted by molar-refractivity contribution is -0.143. The van der Waals surface area contributed by atoms with Crippen molar-refractivity contribution in [2.45, 2.75) is 25.4 Å². The quantitative estimate of drug-likeness (QED) is 0.820. The van der Waals surface area contributed by atoms with Crippen molar-refractivity contribution in [2.24, 2.45) is 5.92 Å². The predicted molar refractivity (Wildman–Crippen MR) is 99.4 cm³/mol. The van der Waals surface area contributed by atoms with Gasteiger partial charge in [0.15, 0.2) is 6.04 Å². The summed E-state index contributed by atoms with van der Waals surface area (Å²) in [4.78, 5) is 26.4. The third-order valence-corrected chi connectivity index (χ3v) is 4.84. The third-order valence-electron chi connectivity index (χ3n) is 4.84. The Balaban J connectivity index is 1.63. The van der Waals surface area contributed by atoms with Crippen LogP contribution in [0.15, 0.2) is 54.6 Å². The zero-order chi connectivity index (χ0) is 19.2. The van der Waals surface area contributed by atoms with E-state index in [9.17, 15) is 19.1 Å². The van der Waals surface area contributed by atoms with Gasteiger partial charge in [0.2, 0.25) is 5.91 Å². The molecular formula is C21H23FN2O3. The number of carbonyl (C=O) groups is 2. The molecule has 0 radical (unpaired) electrons. The number of nitrogens with zero attached hydrogens (tertiary/aromatic N) is 1. The van der Waals surface area contributed by atoms with Gasteiger partial charge in [0.1, 0.15) is 5.82 Å². The molecule has 1 aliphatic rings. The van der Waals surface area contributed by atoms with Crippen LogP contribution in [-0.4, -0.2) is 35.0 Å². The molecule has 2 aromatic carbocycles. The molecule has 142 valence electrons. The van der Waals surface area contributed by atoms with Crippen molar-refractivity contribution < 1.29 is 19.1 Å². The molecule has 3 rings (SSSR count). The first-order valence-corrected chi connectivity index (χ1v) is 9.08. The predicted octanol–water partition coefficient (Wildman–Crippen LogP) is 2.98. The van der Waals surface area contributed by atoms with Gasteiger partial charge in [0.05, 0.1) is 5.92 Å². The normalized spacial score (nSPS) is 18.6. The fourth-order valence-corrected chi connectivity index (χ4v) is 3.50. The zero-order valence-corrected chi connectivity index (χ0v) is 15.0. The number of benzene rings is 2. The maximum absolute atomic E-state index is 13.4. The molecule has 0 aliphatic carbocycles. The van der Waals surface area contributed by atoms with Crippen molar-refractivity contribution in [2.75, 3.05) is 13.1 Å². The Morgan fingerprint density at radius 3 is 2.67 bits per heavy atom. The first kappa shape index (κ1) is 19.0. The van der Waals surface area contributed by atoms with Crippen LogP contribution in [-0.2, 0) is 16.1 Å². The van der Waals surface area contributed by atoms with Crippen LogP contribution in [0, 0.1) is 11.7 Å². The van der Waals surface area contributed by atoms with Crippen LogP contribution < -0.4 is 5.32 Å². The van der Waals surface area contributed by atoms with Crippen molar-refractivity contribution in [3.63, 3.8) is 0 Å². The Hall–Kier alpha value is -2.73. The van der Waals surface area contributed by atoms with Crippen molar-refractivity contribution in [1.82, 2.24) is 10.2 Å². The molecule has 0 saturated carbocycles. The van der Waals surface area contributed by atoms with Gasteiger partial charge < -0.3 is 10.4 Å². The number of carbonyl (C=O) groups excluding carboxylic acids is 1. The van der Waals surface area contributed by atoms with Crippen LogP contribution in [0.5, 0.6) is 0 Å². The van der Waals surface area contributed by atoms with Gasteiger partial charge in [0, 0.05) is 13.1 Å². The third kappa shape index (κ3) is 5.14. The molecule has 2 aromatic rings. The van der Waals surface area contributed by atoms with Gasteiger partial charge in [-0.25, -0.2) is 9.18 Å². The fraction of sp³-hybridized carbons (Fsp3) is 0.333. The van der Waals surface area contributed by atoms with Gasteiger partial charge in [0.25, 0.3) is 0 Å². The standard InChI is InChI=1S/C21H23FN2O3/c22-18-10-4-6-15(12-18)13-24-11-5-9-17(14-24)20(25)23-19(21(26)27)16-7-2-1-3-8-16/h1-4,6-8,10,12,17,19H,5,9,11,13-14H2,(H,23,25)(H,26,27)/t17?,19-/m0/s1. The lowest BCUT2D eigenvalue weighted by Crippen LogP contribution is -2.45. The van der Waals surface area contributed by atoms with E-state index in [1.165, 1.54) is 12.1 Å². The molecule has 1 heterocycles. The lowest BCUT2D eigenvalue weighted by Gasteiger charge is -2.32. The number of carboxylic acid groups (broad SMARTS) is 1. The summed E-state index contributed by atoms with van der Waals surface area (Å²) in [6.45, 7) is 1.94. The number of rotatable bonds is 6. The first-order chi connectivity index (χ1) is 13.0. The molecule has 0 bridgehead atoms. The van der Waals surface area contributed by atoms with E-state index in [1.807, 2.05) is 6.07 Å². The molecule has 0 aromatic heterocycles. The van der Waals surface area contributed by atoms with E-state index in [4.69, 9.17) is 0 Å². The molecule has 6 heteroatoms. The smallest absolute Gasteiger partial charge is 0.330 e. The summed E-state index contributed by atoms with van der Waals surface area (Å²) >= 11 is 0.